The van der Waals surface area contributed by atoms with Crippen molar-refractivity contribution in [3.8, 4) is 11.3 Å². The molecule has 5 rings (SSSR count). The monoisotopic (exact) mass is 556 g/mol. The van der Waals surface area contributed by atoms with Gasteiger partial charge in [-0.3, -0.25) is 14.8 Å². The number of carbonyl (C=O) groups is 1. The van der Waals surface area contributed by atoms with Crippen LogP contribution in [0.3, 0.4) is 0 Å². The second-order valence-electron chi connectivity index (χ2n) is 9.61. The highest BCUT2D eigenvalue weighted by Gasteiger charge is 2.16. The van der Waals surface area contributed by atoms with Crippen molar-refractivity contribution in [2.45, 2.75) is 12.8 Å². The van der Waals surface area contributed by atoms with Crippen molar-refractivity contribution < 1.29 is 4.79 Å². The van der Waals surface area contributed by atoms with Gasteiger partial charge in [0.15, 0.2) is 0 Å². The predicted octanol–water partition coefficient (Wildman–Crippen LogP) is 4.02. The highest BCUT2D eigenvalue weighted by atomic mass is 35.5. The van der Waals surface area contributed by atoms with Crippen LogP contribution in [0.1, 0.15) is 23.2 Å². The summed E-state index contributed by atoms with van der Waals surface area (Å²) in [5.41, 5.74) is 2.00. The molecule has 4 heterocycles. The van der Waals surface area contributed by atoms with Crippen LogP contribution in [0, 0.1) is 0 Å². The van der Waals surface area contributed by atoms with Crippen LogP contribution < -0.4 is 9.80 Å². The van der Waals surface area contributed by atoms with Crippen LogP contribution in [0.25, 0.3) is 11.3 Å². The number of benzene rings is 1. The van der Waals surface area contributed by atoms with Crippen LogP contribution in [-0.4, -0.2) is 102 Å². The Bertz CT molecular complexity index is 1210. The Kier molecular flexibility index (Phi) is 10.2. The molecule has 2 fully saturated rings. The lowest BCUT2D eigenvalue weighted by Crippen LogP contribution is -2.29. The summed E-state index contributed by atoms with van der Waals surface area (Å²) >= 11 is 12.1. The molecular weight excluding hydrogens is 523 g/mol. The van der Waals surface area contributed by atoms with Crippen LogP contribution in [0.2, 0.25) is 10.2 Å². The Hall–Kier alpha value is -2.85. The third kappa shape index (κ3) is 7.83. The first kappa shape index (κ1) is 28.2. The van der Waals surface area contributed by atoms with Gasteiger partial charge in [-0.05, 0) is 52.2 Å². The van der Waals surface area contributed by atoms with Crippen molar-refractivity contribution in [2.24, 2.45) is 0 Å². The first-order valence-electron chi connectivity index (χ1n) is 12.8. The Balaban J connectivity index is 0.000000194. The minimum atomic E-state index is 0.463. The van der Waals surface area contributed by atoms with Crippen LogP contribution >= 0.6 is 23.2 Å². The standard InChI is InChI=1S/C17H19ClN4O.C10H15ClN4/c1-21-5-2-6-22(8-7-21)17-11-19-10-16(20-17)14-9-13(12-23)3-4-15(14)18;1-14-3-2-4-15(6-5-14)10-8-12-7-9(11)13-10/h3-4,9-12H,2,5-8H2,1H3;7-8H,2-6H2,1H3. The van der Waals surface area contributed by atoms with Crippen LogP contribution in [0.4, 0.5) is 11.6 Å². The maximum absolute atomic E-state index is 11.0. The largest absolute Gasteiger partial charge is 0.354 e. The number of aldehydes is 1. The number of anilines is 2. The molecule has 3 aromatic rings. The van der Waals surface area contributed by atoms with Gasteiger partial charge in [-0.2, -0.15) is 0 Å². The van der Waals surface area contributed by atoms with Crippen LogP contribution in [0.5, 0.6) is 0 Å². The van der Waals surface area contributed by atoms with E-state index in [0.717, 1.165) is 88.7 Å². The number of hydrogen-bond acceptors (Lipinski definition) is 9. The molecule has 0 unspecified atom stereocenters. The van der Waals surface area contributed by atoms with Gasteiger partial charge in [-0.15, -0.1) is 0 Å². The predicted molar refractivity (Wildman–Crippen MR) is 154 cm³/mol. The van der Waals surface area contributed by atoms with E-state index in [4.69, 9.17) is 28.2 Å². The number of hydrogen-bond donors (Lipinski definition) is 0. The third-order valence-corrected chi connectivity index (χ3v) is 7.22. The molecule has 202 valence electrons. The second-order valence-corrected chi connectivity index (χ2v) is 10.4. The maximum atomic E-state index is 11.0. The molecule has 38 heavy (non-hydrogen) atoms. The van der Waals surface area contributed by atoms with E-state index in [0.29, 0.717) is 21.4 Å². The fraction of sp³-hybridized carbons (Fsp3) is 0.444. The molecule has 0 atom stereocenters. The summed E-state index contributed by atoms with van der Waals surface area (Å²) in [6.45, 7) is 8.22. The lowest BCUT2D eigenvalue weighted by molar-refractivity contribution is 0.112. The van der Waals surface area contributed by atoms with Gasteiger partial charge in [0.1, 0.15) is 23.1 Å². The molecule has 1 aromatic carbocycles. The molecule has 2 aliphatic rings. The normalized spacial score (nSPS) is 17.3. The molecule has 0 N–H and O–H groups in total. The molecule has 0 bridgehead atoms. The molecule has 0 saturated carbocycles. The fourth-order valence-corrected chi connectivity index (χ4v) is 4.84. The molecule has 0 aliphatic carbocycles. The topological polar surface area (TPSA) is 81.6 Å². The summed E-state index contributed by atoms with van der Waals surface area (Å²) in [5.74, 6) is 1.74. The van der Waals surface area contributed by atoms with Crippen molar-refractivity contribution >= 4 is 41.1 Å². The Morgan fingerprint density at radius 3 is 1.95 bits per heavy atom. The van der Waals surface area contributed by atoms with Gasteiger partial charge in [0, 0.05) is 50.4 Å². The molecule has 11 heteroatoms. The van der Waals surface area contributed by atoms with Gasteiger partial charge >= 0.3 is 0 Å². The van der Waals surface area contributed by atoms with Crippen molar-refractivity contribution in [3.05, 3.63) is 58.7 Å². The zero-order valence-corrected chi connectivity index (χ0v) is 23.4. The molecule has 0 amide bonds. The smallest absolute Gasteiger partial charge is 0.150 e. The fourth-order valence-electron chi connectivity index (χ4n) is 4.49. The van der Waals surface area contributed by atoms with E-state index in [1.807, 2.05) is 0 Å². The minimum absolute atomic E-state index is 0.463. The number of rotatable bonds is 4. The van der Waals surface area contributed by atoms with Crippen molar-refractivity contribution in [1.82, 2.24) is 29.7 Å². The quantitative estimate of drug-likeness (QED) is 0.442. The third-order valence-electron chi connectivity index (χ3n) is 6.70. The SMILES string of the molecule is CN1CCCN(c2cncc(-c3cc(C=O)ccc3Cl)n2)CC1.CN1CCCN(c2cncc(Cl)n2)CC1. The van der Waals surface area contributed by atoms with E-state index < -0.39 is 0 Å². The average molecular weight is 558 g/mol. The zero-order valence-electron chi connectivity index (χ0n) is 21.9. The number of likely N-dealkylation sites (N-methyl/N-ethyl adjacent to an activating group) is 2. The number of nitrogens with zero attached hydrogens (tertiary/aromatic N) is 8. The van der Waals surface area contributed by atoms with Crippen molar-refractivity contribution in [2.75, 3.05) is 76.3 Å². The van der Waals surface area contributed by atoms with Gasteiger partial charge < -0.3 is 19.6 Å². The zero-order chi connectivity index (χ0) is 26.9. The Morgan fingerprint density at radius 2 is 1.34 bits per heavy atom. The lowest BCUT2D eigenvalue weighted by Gasteiger charge is -2.21. The van der Waals surface area contributed by atoms with E-state index in [-0.39, 0.29) is 0 Å². The second kappa shape index (κ2) is 13.8. The summed E-state index contributed by atoms with van der Waals surface area (Å²) < 4.78 is 0. The summed E-state index contributed by atoms with van der Waals surface area (Å²) in [5, 5.41) is 1.03. The number of carbonyl (C=O) groups excluding carboxylic acids is 1. The van der Waals surface area contributed by atoms with E-state index in [2.05, 4.69) is 48.6 Å². The van der Waals surface area contributed by atoms with Gasteiger partial charge in [-0.25, -0.2) is 9.97 Å². The van der Waals surface area contributed by atoms with E-state index >= 15 is 0 Å². The van der Waals surface area contributed by atoms with Gasteiger partial charge in [-0.1, -0.05) is 29.3 Å². The first-order chi connectivity index (χ1) is 18.4. The highest BCUT2D eigenvalue weighted by molar-refractivity contribution is 6.33. The molecule has 2 aliphatic heterocycles. The number of aromatic nitrogens is 4. The van der Waals surface area contributed by atoms with Gasteiger partial charge in [0.05, 0.1) is 35.5 Å². The van der Waals surface area contributed by atoms with Gasteiger partial charge in [0.25, 0.3) is 0 Å². The molecule has 0 radical (unpaired) electrons. The van der Waals surface area contributed by atoms with Crippen molar-refractivity contribution in [3.63, 3.8) is 0 Å². The van der Waals surface area contributed by atoms with E-state index in [9.17, 15) is 4.79 Å². The minimum Gasteiger partial charge on any atom is -0.354 e. The molecular formula is C27H34Cl2N8O. The summed E-state index contributed by atoms with van der Waals surface area (Å²) in [7, 11) is 4.28. The molecule has 9 nitrogen and oxygen atoms in total. The maximum Gasteiger partial charge on any atom is 0.150 e. The lowest BCUT2D eigenvalue weighted by atomic mass is 10.1. The summed E-state index contributed by atoms with van der Waals surface area (Å²) in [6, 6.07) is 5.16. The van der Waals surface area contributed by atoms with Crippen molar-refractivity contribution in [1.29, 1.82) is 0 Å². The molecule has 2 saturated heterocycles. The molecule has 0 spiro atoms. The average Bonchev–Trinajstić information content (AvgIpc) is 3.29. The first-order valence-corrected chi connectivity index (χ1v) is 13.6. The molecule has 2 aromatic heterocycles. The van der Waals surface area contributed by atoms with Crippen LogP contribution in [0.15, 0.2) is 43.0 Å². The van der Waals surface area contributed by atoms with Gasteiger partial charge in [0.2, 0.25) is 0 Å². The van der Waals surface area contributed by atoms with E-state index in [1.165, 1.54) is 0 Å². The van der Waals surface area contributed by atoms with Crippen LogP contribution in [-0.2, 0) is 0 Å². The Morgan fingerprint density at radius 1 is 0.737 bits per heavy atom. The summed E-state index contributed by atoms with van der Waals surface area (Å²) in [4.78, 5) is 37.5. The Labute approximate surface area is 234 Å². The number of halogens is 2. The van der Waals surface area contributed by atoms with E-state index in [1.54, 1.807) is 43.0 Å². The highest BCUT2D eigenvalue weighted by Crippen LogP contribution is 2.28. The summed E-state index contributed by atoms with van der Waals surface area (Å²) in [6.07, 6.45) is 9.87.